The number of unbranched alkanes of at least 4 members (excludes halogenated alkanes) is 18. The summed E-state index contributed by atoms with van der Waals surface area (Å²) in [5, 5.41) is 11.6. The number of carbonyl (C=O) groups excluding carboxylic acids is 3. The van der Waals surface area contributed by atoms with Crippen LogP contribution in [0.3, 0.4) is 0 Å². The molecule has 0 amide bonds. The van der Waals surface area contributed by atoms with Crippen molar-refractivity contribution in [2.75, 3.05) is 41.0 Å². The first-order chi connectivity index (χ1) is 28.1. The van der Waals surface area contributed by atoms with E-state index in [-0.39, 0.29) is 49.1 Å². The van der Waals surface area contributed by atoms with E-state index in [1.54, 1.807) is 21.1 Å². The van der Waals surface area contributed by atoms with Gasteiger partial charge in [0.1, 0.15) is 12.6 Å². The zero-order chi connectivity index (χ0) is 42.8. The van der Waals surface area contributed by atoms with Gasteiger partial charge in [-0.25, -0.2) is 0 Å². The number of allylic oxidation sites excluding steroid dienone is 12. The SMILES string of the molecule is CC/C=C/C=C/C=C/C=C/C=C/CCCC(=O)OC(COCCC(C(=O)[O-])[N+](C)(C)C)COC(=O)CCCCCCCCC/C=C/CCCCCCCCCCCC. The molecule has 0 aliphatic heterocycles. The van der Waals surface area contributed by atoms with Crippen LogP contribution in [0.2, 0.25) is 0 Å². The van der Waals surface area contributed by atoms with Crippen LogP contribution in [0.1, 0.15) is 174 Å². The quantitative estimate of drug-likeness (QED) is 0.0200. The first kappa shape index (κ1) is 54.8. The Labute approximate surface area is 355 Å². The van der Waals surface area contributed by atoms with Gasteiger partial charge < -0.3 is 28.6 Å². The Morgan fingerprint density at radius 2 is 1.00 bits per heavy atom. The van der Waals surface area contributed by atoms with Gasteiger partial charge in [-0.15, -0.1) is 0 Å². The Bertz CT molecular complexity index is 1180. The van der Waals surface area contributed by atoms with Crippen molar-refractivity contribution in [1.29, 1.82) is 0 Å². The number of carbonyl (C=O) groups is 3. The third-order valence-electron chi connectivity index (χ3n) is 9.95. The number of likely N-dealkylation sites (N-methyl/N-ethyl adjacent to an activating group) is 1. The summed E-state index contributed by atoms with van der Waals surface area (Å²) in [6, 6.07) is -0.742. The molecule has 2 unspecified atom stereocenters. The molecule has 0 aromatic carbocycles. The average Bonchev–Trinajstić information content (AvgIpc) is 3.18. The zero-order valence-electron chi connectivity index (χ0n) is 37.7. The Kier molecular flexibility index (Phi) is 38.3. The number of nitrogens with zero attached hydrogens (tertiary/aromatic N) is 1. The van der Waals surface area contributed by atoms with Crippen LogP contribution in [-0.2, 0) is 28.6 Å². The van der Waals surface area contributed by atoms with Gasteiger partial charge in [-0.1, -0.05) is 177 Å². The van der Waals surface area contributed by atoms with Crippen molar-refractivity contribution in [1.82, 2.24) is 0 Å². The fourth-order valence-corrected chi connectivity index (χ4v) is 6.39. The van der Waals surface area contributed by atoms with E-state index in [1.165, 1.54) is 103 Å². The number of hydrogen-bond acceptors (Lipinski definition) is 7. The number of carboxylic acids is 1. The minimum absolute atomic E-state index is 0.00732. The normalized spacial score (nSPS) is 13.6. The summed E-state index contributed by atoms with van der Waals surface area (Å²) in [4.78, 5) is 36.8. The molecule has 0 radical (unpaired) electrons. The highest BCUT2D eigenvalue weighted by atomic mass is 16.6. The van der Waals surface area contributed by atoms with Crippen LogP contribution >= 0.6 is 0 Å². The van der Waals surface area contributed by atoms with Gasteiger partial charge in [-0.3, -0.25) is 9.59 Å². The van der Waals surface area contributed by atoms with Gasteiger partial charge in [-0.05, 0) is 51.4 Å². The van der Waals surface area contributed by atoms with E-state index >= 15 is 0 Å². The molecule has 8 heteroatoms. The minimum atomic E-state index is -1.14. The Morgan fingerprint density at radius 1 is 0.534 bits per heavy atom. The van der Waals surface area contributed by atoms with Crippen LogP contribution in [0, 0.1) is 0 Å². The molecule has 0 rings (SSSR count). The molecule has 58 heavy (non-hydrogen) atoms. The van der Waals surface area contributed by atoms with Crippen LogP contribution in [-0.4, -0.2) is 75.5 Å². The molecule has 0 aromatic rings. The summed E-state index contributed by atoms with van der Waals surface area (Å²) in [5.41, 5.74) is 0. The second-order valence-corrected chi connectivity index (χ2v) is 16.4. The van der Waals surface area contributed by atoms with Gasteiger partial charge in [0.25, 0.3) is 0 Å². The van der Waals surface area contributed by atoms with Gasteiger partial charge >= 0.3 is 11.9 Å². The van der Waals surface area contributed by atoms with Crippen molar-refractivity contribution >= 4 is 17.9 Å². The monoisotopic (exact) mass is 812 g/mol. The summed E-state index contributed by atoms with van der Waals surface area (Å²) in [7, 11) is 5.37. The number of aliphatic carboxylic acids is 1. The lowest BCUT2D eigenvalue weighted by molar-refractivity contribution is -0.889. The minimum Gasteiger partial charge on any atom is -0.544 e. The third kappa shape index (κ3) is 38.3. The Hall–Kier alpha value is -3.23. The van der Waals surface area contributed by atoms with Crippen molar-refractivity contribution < 1.29 is 38.2 Å². The van der Waals surface area contributed by atoms with Crippen LogP contribution in [0.15, 0.2) is 72.9 Å². The molecule has 0 N–H and O–H groups in total. The maximum absolute atomic E-state index is 12.7. The van der Waals surface area contributed by atoms with Crippen molar-refractivity contribution in [3.05, 3.63) is 72.9 Å². The number of carboxylic acid groups (broad SMARTS) is 1. The second kappa shape index (κ2) is 40.5. The van der Waals surface area contributed by atoms with Crippen molar-refractivity contribution in [2.24, 2.45) is 0 Å². The highest BCUT2D eigenvalue weighted by Crippen LogP contribution is 2.14. The highest BCUT2D eigenvalue weighted by Gasteiger charge is 2.25. The Balaban J connectivity index is 4.34. The molecule has 0 bridgehead atoms. The van der Waals surface area contributed by atoms with Crippen molar-refractivity contribution in [3.63, 3.8) is 0 Å². The van der Waals surface area contributed by atoms with E-state index in [1.807, 2.05) is 54.7 Å². The Morgan fingerprint density at radius 3 is 1.52 bits per heavy atom. The molecule has 8 nitrogen and oxygen atoms in total. The summed E-state index contributed by atoms with van der Waals surface area (Å²) in [5.74, 6) is -1.84. The van der Waals surface area contributed by atoms with Gasteiger partial charge in [0.2, 0.25) is 0 Å². The summed E-state index contributed by atoms with van der Waals surface area (Å²) >= 11 is 0. The smallest absolute Gasteiger partial charge is 0.306 e. The highest BCUT2D eigenvalue weighted by molar-refractivity contribution is 5.70. The van der Waals surface area contributed by atoms with Crippen molar-refractivity contribution in [3.8, 4) is 0 Å². The summed E-state index contributed by atoms with van der Waals surface area (Å²) < 4.78 is 17.1. The predicted molar refractivity (Wildman–Crippen MR) is 240 cm³/mol. The summed E-state index contributed by atoms with van der Waals surface area (Å²) in [6.45, 7) is 4.43. The lowest BCUT2D eigenvalue weighted by atomic mass is 10.1. The van der Waals surface area contributed by atoms with Crippen LogP contribution in [0.4, 0.5) is 0 Å². The van der Waals surface area contributed by atoms with E-state index in [9.17, 15) is 19.5 Å². The van der Waals surface area contributed by atoms with Crippen LogP contribution < -0.4 is 5.11 Å². The van der Waals surface area contributed by atoms with E-state index in [2.05, 4.69) is 32.1 Å². The fraction of sp³-hybridized carbons (Fsp3) is 0.700. The van der Waals surface area contributed by atoms with Crippen LogP contribution in [0.25, 0.3) is 0 Å². The first-order valence-corrected chi connectivity index (χ1v) is 23.0. The van der Waals surface area contributed by atoms with Crippen molar-refractivity contribution in [2.45, 2.75) is 187 Å². The maximum atomic E-state index is 12.7. The molecular formula is C50H85NO7. The molecule has 332 valence electrons. The molecule has 0 aliphatic rings. The van der Waals surface area contributed by atoms with E-state index < -0.39 is 18.1 Å². The molecule has 0 aliphatic carbocycles. The summed E-state index contributed by atoms with van der Waals surface area (Å²) in [6.07, 6.45) is 50.9. The maximum Gasteiger partial charge on any atom is 0.306 e. The molecule has 0 aromatic heterocycles. The van der Waals surface area contributed by atoms with E-state index in [4.69, 9.17) is 14.2 Å². The standard InChI is InChI=1S/C50H85NO7/c1-6-8-10-12-14-16-18-20-21-22-23-24-25-26-27-29-30-32-34-36-38-40-48(52)57-45-46(44-56-43-42-47(50(54)55)51(3,4)5)58-49(53)41-39-37-35-33-31-28-19-17-15-13-11-9-7-2/h9,11,13,15,17,19,24-25,28,31,33,35,46-47H,6-8,10,12,14,16,18,20-23,26-27,29-30,32,34,36-45H2,1-5H3/b11-9+,15-13+,19-17+,25-24+,31-28+,35-33+. The molecular weight excluding hydrogens is 727 g/mol. The lowest BCUT2D eigenvalue weighted by Crippen LogP contribution is -2.55. The van der Waals surface area contributed by atoms with Gasteiger partial charge in [-0.2, -0.15) is 0 Å². The van der Waals surface area contributed by atoms with Gasteiger partial charge in [0.05, 0.1) is 40.3 Å². The largest absolute Gasteiger partial charge is 0.544 e. The number of ether oxygens (including phenoxy) is 3. The van der Waals surface area contributed by atoms with Gasteiger partial charge in [0, 0.05) is 19.3 Å². The number of hydrogen-bond donors (Lipinski definition) is 0. The molecule has 0 fully saturated rings. The number of rotatable bonds is 40. The topological polar surface area (TPSA) is 102 Å². The fourth-order valence-electron chi connectivity index (χ4n) is 6.39. The first-order valence-electron chi connectivity index (χ1n) is 23.0. The van der Waals surface area contributed by atoms with Gasteiger partial charge in [0.15, 0.2) is 6.10 Å². The average molecular weight is 812 g/mol. The molecule has 0 saturated carbocycles. The predicted octanol–water partition coefficient (Wildman–Crippen LogP) is 11.4. The van der Waals surface area contributed by atoms with Crippen LogP contribution in [0.5, 0.6) is 0 Å². The number of quaternary nitrogens is 1. The van der Waals surface area contributed by atoms with E-state index in [0.717, 1.165) is 25.7 Å². The second-order valence-electron chi connectivity index (χ2n) is 16.4. The van der Waals surface area contributed by atoms with E-state index in [0.29, 0.717) is 19.3 Å². The molecule has 2 atom stereocenters. The third-order valence-corrected chi connectivity index (χ3v) is 9.95. The number of esters is 2. The molecule has 0 heterocycles. The molecule has 0 spiro atoms. The lowest BCUT2D eigenvalue weighted by Gasteiger charge is -2.34. The zero-order valence-corrected chi connectivity index (χ0v) is 37.7. The molecule has 0 saturated heterocycles.